The fraction of sp³-hybridized carbons (Fsp3) is 0.467. The molecule has 0 aliphatic carbocycles. The predicted octanol–water partition coefficient (Wildman–Crippen LogP) is 1.59. The topological polar surface area (TPSA) is 64.6 Å². The molecule has 1 atom stereocenters. The number of hydrogen-bond acceptors (Lipinski definition) is 4. The molecule has 1 fully saturated rings. The number of benzene rings is 1. The van der Waals surface area contributed by atoms with Crippen molar-refractivity contribution in [1.82, 2.24) is 5.32 Å². The summed E-state index contributed by atoms with van der Waals surface area (Å²) >= 11 is 0. The van der Waals surface area contributed by atoms with Crippen LogP contribution in [0.15, 0.2) is 18.2 Å². The first-order valence-electron chi connectivity index (χ1n) is 6.88. The zero-order valence-corrected chi connectivity index (χ0v) is 11.9. The van der Waals surface area contributed by atoms with Crippen molar-refractivity contribution >= 4 is 11.9 Å². The number of aryl methyl sites for hydroxylation is 1. The number of esters is 1. The molecule has 1 N–H and O–H groups in total. The number of amides is 1. The molecule has 5 nitrogen and oxygen atoms in total. The fourth-order valence-corrected chi connectivity index (χ4v) is 2.02. The van der Waals surface area contributed by atoms with Crippen LogP contribution in [0, 0.1) is 12.7 Å². The molecule has 0 unspecified atom stereocenters. The van der Waals surface area contributed by atoms with Crippen LogP contribution in [0.4, 0.5) is 4.39 Å². The summed E-state index contributed by atoms with van der Waals surface area (Å²) in [5.74, 6) is -1.60. The van der Waals surface area contributed by atoms with Crippen LogP contribution in [0.2, 0.25) is 0 Å². The quantitative estimate of drug-likeness (QED) is 0.838. The summed E-state index contributed by atoms with van der Waals surface area (Å²) in [6.07, 6.45) is 1.95. The Morgan fingerprint density at radius 2 is 2.29 bits per heavy atom. The van der Waals surface area contributed by atoms with Gasteiger partial charge < -0.3 is 14.8 Å². The number of nitrogens with one attached hydrogen (secondary N) is 1. The monoisotopic (exact) mass is 295 g/mol. The van der Waals surface area contributed by atoms with E-state index >= 15 is 0 Å². The average molecular weight is 295 g/mol. The highest BCUT2D eigenvalue weighted by atomic mass is 19.1. The summed E-state index contributed by atoms with van der Waals surface area (Å²) in [7, 11) is 0. The number of ether oxygens (including phenoxy) is 2. The number of hydrogen-bond donors (Lipinski definition) is 1. The zero-order valence-electron chi connectivity index (χ0n) is 11.9. The van der Waals surface area contributed by atoms with E-state index < -0.39 is 17.7 Å². The smallest absolute Gasteiger partial charge is 0.338 e. The van der Waals surface area contributed by atoms with E-state index in [1.165, 1.54) is 12.1 Å². The zero-order chi connectivity index (χ0) is 15.2. The van der Waals surface area contributed by atoms with Crippen molar-refractivity contribution < 1.29 is 23.5 Å². The van der Waals surface area contributed by atoms with Crippen LogP contribution >= 0.6 is 0 Å². The van der Waals surface area contributed by atoms with Crippen molar-refractivity contribution in [2.24, 2.45) is 0 Å². The van der Waals surface area contributed by atoms with Gasteiger partial charge >= 0.3 is 5.97 Å². The summed E-state index contributed by atoms with van der Waals surface area (Å²) in [6, 6.07) is 4.05. The van der Waals surface area contributed by atoms with E-state index in [1.54, 1.807) is 6.92 Å². The van der Waals surface area contributed by atoms with E-state index in [2.05, 4.69) is 5.32 Å². The van der Waals surface area contributed by atoms with Gasteiger partial charge in [0, 0.05) is 13.2 Å². The maximum absolute atomic E-state index is 13.3. The second-order valence-electron chi connectivity index (χ2n) is 4.98. The van der Waals surface area contributed by atoms with E-state index in [0.717, 1.165) is 18.9 Å². The van der Waals surface area contributed by atoms with Crippen molar-refractivity contribution in [3.8, 4) is 0 Å². The molecule has 6 heteroatoms. The Morgan fingerprint density at radius 1 is 1.48 bits per heavy atom. The molecule has 0 saturated carbocycles. The minimum atomic E-state index is -0.721. The van der Waals surface area contributed by atoms with Crippen LogP contribution in [0.3, 0.4) is 0 Å². The lowest BCUT2D eigenvalue weighted by Crippen LogP contribution is -2.34. The molecule has 1 saturated heterocycles. The maximum atomic E-state index is 13.3. The Bertz CT molecular complexity index is 526. The molecule has 0 radical (unpaired) electrons. The molecular weight excluding hydrogens is 277 g/mol. The average Bonchev–Trinajstić information content (AvgIpc) is 2.98. The normalized spacial score (nSPS) is 17.5. The Balaban J connectivity index is 1.74. The highest BCUT2D eigenvalue weighted by Crippen LogP contribution is 2.11. The summed E-state index contributed by atoms with van der Waals surface area (Å²) in [5.41, 5.74) is 0.533. The van der Waals surface area contributed by atoms with E-state index in [4.69, 9.17) is 9.47 Å². The van der Waals surface area contributed by atoms with Gasteiger partial charge in [0.15, 0.2) is 6.61 Å². The molecule has 1 amide bonds. The molecular formula is C15H18FNO4. The molecule has 1 aliphatic heterocycles. The Kier molecular flexibility index (Phi) is 5.27. The number of halogens is 1. The van der Waals surface area contributed by atoms with Crippen LogP contribution in [-0.2, 0) is 14.3 Å². The summed E-state index contributed by atoms with van der Waals surface area (Å²) in [5, 5.41) is 2.64. The second-order valence-corrected chi connectivity index (χ2v) is 4.98. The van der Waals surface area contributed by atoms with Gasteiger partial charge in [-0.3, -0.25) is 4.79 Å². The van der Waals surface area contributed by atoms with Gasteiger partial charge in [0.2, 0.25) is 0 Å². The molecule has 0 aromatic heterocycles. The molecule has 2 rings (SSSR count). The third-order valence-electron chi connectivity index (χ3n) is 3.29. The number of carbonyl (C=O) groups is 2. The summed E-state index contributed by atoms with van der Waals surface area (Å²) in [6.45, 7) is 2.34. The second kappa shape index (κ2) is 7.17. The molecule has 114 valence electrons. The third kappa shape index (κ3) is 4.53. The van der Waals surface area contributed by atoms with Gasteiger partial charge in [-0.2, -0.15) is 0 Å². The molecule has 1 aromatic rings. The van der Waals surface area contributed by atoms with Crippen molar-refractivity contribution in [2.45, 2.75) is 25.9 Å². The van der Waals surface area contributed by atoms with E-state index in [9.17, 15) is 14.0 Å². The lowest BCUT2D eigenvalue weighted by atomic mass is 10.1. The first kappa shape index (κ1) is 15.4. The molecule has 0 bridgehead atoms. The highest BCUT2D eigenvalue weighted by Gasteiger charge is 2.17. The van der Waals surface area contributed by atoms with E-state index in [0.29, 0.717) is 18.7 Å². The van der Waals surface area contributed by atoms with Crippen molar-refractivity contribution in [1.29, 1.82) is 0 Å². The van der Waals surface area contributed by atoms with Crippen LogP contribution < -0.4 is 5.32 Å². The van der Waals surface area contributed by atoms with E-state index in [-0.39, 0.29) is 18.3 Å². The van der Waals surface area contributed by atoms with Crippen molar-refractivity contribution in [2.75, 3.05) is 19.8 Å². The summed E-state index contributed by atoms with van der Waals surface area (Å²) < 4.78 is 23.5. The number of rotatable bonds is 5. The first-order chi connectivity index (χ1) is 10.1. The molecule has 1 aromatic carbocycles. The minimum absolute atomic E-state index is 0.0378. The largest absolute Gasteiger partial charge is 0.452 e. The SMILES string of the molecule is Cc1ccc(C(=O)OCC(=O)NC[C@@H]2CCCO2)cc1F. The van der Waals surface area contributed by atoms with E-state index in [1.807, 2.05) is 0 Å². The molecule has 1 aliphatic rings. The van der Waals surface area contributed by atoms with Crippen molar-refractivity contribution in [3.63, 3.8) is 0 Å². The van der Waals surface area contributed by atoms with Gasteiger partial charge in [0.25, 0.3) is 5.91 Å². The Morgan fingerprint density at radius 3 is 2.95 bits per heavy atom. The van der Waals surface area contributed by atoms with Gasteiger partial charge in [0.1, 0.15) is 5.82 Å². The van der Waals surface area contributed by atoms with Gasteiger partial charge in [0.05, 0.1) is 11.7 Å². The third-order valence-corrected chi connectivity index (χ3v) is 3.29. The lowest BCUT2D eigenvalue weighted by Gasteiger charge is -2.11. The van der Waals surface area contributed by atoms with Crippen LogP contribution in [0.1, 0.15) is 28.8 Å². The van der Waals surface area contributed by atoms with Crippen LogP contribution in [0.5, 0.6) is 0 Å². The predicted molar refractivity (Wildman–Crippen MR) is 73.4 cm³/mol. The van der Waals surface area contributed by atoms with Crippen LogP contribution in [-0.4, -0.2) is 37.7 Å². The minimum Gasteiger partial charge on any atom is -0.452 e. The molecule has 21 heavy (non-hydrogen) atoms. The molecule has 0 spiro atoms. The lowest BCUT2D eigenvalue weighted by molar-refractivity contribution is -0.124. The van der Waals surface area contributed by atoms with Crippen molar-refractivity contribution in [3.05, 3.63) is 35.1 Å². The van der Waals surface area contributed by atoms with Gasteiger partial charge in [-0.25, -0.2) is 9.18 Å². The Hall–Kier alpha value is -1.95. The van der Waals surface area contributed by atoms with Crippen LogP contribution in [0.25, 0.3) is 0 Å². The fourth-order valence-electron chi connectivity index (χ4n) is 2.02. The highest BCUT2D eigenvalue weighted by molar-refractivity contribution is 5.91. The van der Waals surface area contributed by atoms with Gasteiger partial charge in [-0.05, 0) is 37.5 Å². The standard InChI is InChI=1S/C15H18FNO4/c1-10-4-5-11(7-13(10)16)15(19)21-9-14(18)17-8-12-3-2-6-20-12/h4-5,7,12H,2-3,6,8-9H2,1H3,(H,17,18)/t12-/m0/s1. The molecule has 1 heterocycles. The first-order valence-corrected chi connectivity index (χ1v) is 6.88. The summed E-state index contributed by atoms with van der Waals surface area (Å²) in [4.78, 5) is 23.2. The number of carbonyl (C=O) groups excluding carboxylic acids is 2. The van der Waals surface area contributed by atoms with Gasteiger partial charge in [-0.1, -0.05) is 6.07 Å². The van der Waals surface area contributed by atoms with Gasteiger partial charge in [-0.15, -0.1) is 0 Å². The Labute approximate surface area is 122 Å². The maximum Gasteiger partial charge on any atom is 0.338 e.